The van der Waals surface area contributed by atoms with Crippen molar-refractivity contribution in [2.24, 2.45) is 5.92 Å². The topological polar surface area (TPSA) is 63.2 Å². The van der Waals surface area contributed by atoms with Gasteiger partial charge in [-0.15, -0.1) is 0 Å². The third-order valence-corrected chi connectivity index (χ3v) is 6.96. The third-order valence-electron chi connectivity index (χ3n) is 6.56. The Labute approximate surface area is 170 Å². The summed E-state index contributed by atoms with van der Waals surface area (Å²) in [6.07, 6.45) is 5.57. The molecule has 2 saturated heterocycles. The molecule has 2 amide bonds. The van der Waals surface area contributed by atoms with Crippen molar-refractivity contribution in [3.8, 4) is 0 Å². The van der Waals surface area contributed by atoms with Crippen molar-refractivity contribution in [2.45, 2.75) is 44.7 Å². The Morgan fingerprint density at radius 2 is 2.11 bits per heavy atom. The number of benzene rings is 1. The lowest BCUT2D eigenvalue weighted by atomic mass is 9.89. The molecule has 1 aromatic carbocycles. The second-order valence-electron chi connectivity index (χ2n) is 8.21. The van der Waals surface area contributed by atoms with Crippen LogP contribution in [-0.4, -0.2) is 52.6 Å². The number of hydrogen-bond acceptors (Lipinski definition) is 5. The minimum atomic E-state index is -0.699. The minimum Gasteiger partial charge on any atom is -0.299 e. The van der Waals surface area contributed by atoms with Crippen LogP contribution in [-0.2, 0) is 20.8 Å². The maximum atomic E-state index is 13.3. The first-order chi connectivity index (χ1) is 13.5. The molecular formula is C22H25N2O3S+. The lowest BCUT2D eigenvalue weighted by Crippen LogP contribution is -2.61. The molecule has 4 atom stereocenters. The van der Waals surface area contributed by atoms with Crippen molar-refractivity contribution in [3.63, 3.8) is 0 Å². The second-order valence-corrected chi connectivity index (χ2v) is 8.74. The van der Waals surface area contributed by atoms with Crippen LogP contribution in [0.2, 0.25) is 0 Å². The monoisotopic (exact) mass is 397 g/mol. The van der Waals surface area contributed by atoms with Crippen LogP contribution >= 0.6 is 12.2 Å². The third kappa shape index (κ3) is 3.09. The van der Waals surface area contributed by atoms with Gasteiger partial charge in [0.15, 0.2) is 0 Å². The molecule has 0 radical (unpaired) electrons. The maximum Gasteiger partial charge on any atom is 0.339 e. The van der Waals surface area contributed by atoms with Crippen LogP contribution in [0.4, 0.5) is 0 Å². The molecule has 2 fully saturated rings. The highest BCUT2D eigenvalue weighted by molar-refractivity contribution is 7.80. The van der Waals surface area contributed by atoms with E-state index >= 15 is 0 Å². The Morgan fingerprint density at radius 3 is 2.79 bits per heavy atom. The number of nitrogens with one attached hydrogen (secondary N) is 1. The molecule has 0 spiro atoms. The molecule has 0 bridgehead atoms. The van der Waals surface area contributed by atoms with Crippen molar-refractivity contribution in [1.82, 2.24) is 5.32 Å². The van der Waals surface area contributed by atoms with Gasteiger partial charge in [-0.05, 0) is 24.5 Å². The van der Waals surface area contributed by atoms with Crippen molar-refractivity contribution in [2.75, 3.05) is 13.1 Å². The fourth-order valence-electron chi connectivity index (χ4n) is 4.91. The zero-order valence-corrected chi connectivity index (χ0v) is 16.8. The van der Waals surface area contributed by atoms with Crippen LogP contribution in [0.5, 0.6) is 0 Å². The average molecular weight is 398 g/mol. The number of quaternary nitrogens is 1. The molecule has 1 aliphatic carbocycles. The first-order valence-electron chi connectivity index (χ1n) is 9.90. The van der Waals surface area contributed by atoms with Crippen molar-refractivity contribution in [3.05, 3.63) is 41.0 Å². The Balaban J connectivity index is 1.53. The fraction of sp³-hybridized carbons (Fsp3) is 0.455. The van der Waals surface area contributed by atoms with Crippen molar-refractivity contribution >= 4 is 41.3 Å². The molecule has 1 aromatic rings. The molecule has 28 heavy (non-hydrogen) atoms. The number of carbonyl (C=O) groups excluding carboxylic acids is 3. The first kappa shape index (κ1) is 19.3. The van der Waals surface area contributed by atoms with Gasteiger partial charge in [-0.2, -0.15) is 4.48 Å². The summed E-state index contributed by atoms with van der Waals surface area (Å²) < 4.78 is -0.196. The zero-order valence-electron chi connectivity index (χ0n) is 16.0. The molecule has 2 heterocycles. The lowest BCUT2D eigenvalue weighted by molar-refractivity contribution is -0.781. The summed E-state index contributed by atoms with van der Waals surface area (Å²) in [5.41, 5.74) is 3.43. The number of amides is 2. The minimum absolute atomic E-state index is 0.0247. The fourth-order valence-corrected chi connectivity index (χ4v) is 5.26. The summed E-state index contributed by atoms with van der Waals surface area (Å²) in [5.74, 6) is -0.861. The molecule has 5 nitrogen and oxygen atoms in total. The predicted octanol–water partition coefficient (Wildman–Crippen LogP) is 2.23. The van der Waals surface area contributed by atoms with Crippen molar-refractivity contribution in [1.29, 1.82) is 0 Å². The van der Waals surface area contributed by atoms with Gasteiger partial charge < -0.3 is 0 Å². The summed E-state index contributed by atoms with van der Waals surface area (Å²) in [5, 5.41) is 3.13. The highest BCUT2D eigenvalue weighted by atomic mass is 32.1. The number of thiocarbonyl (C=S) groups is 1. The maximum absolute atomic E-state index is 13.3. The molecule has 146 valence electrons. The Kier molecular flexibility index (Phi) is 5.12. The zero-order chi connectivity index (χ0) is 19.9. The number of rotatable bonds is 5. The second kappa shape index (κ2) is 7.43. The smallest absolute Gasteiger partial charge is 0.299 e. The quantitative estimate of drug-likeness (QED) is 0.469. The standard InChI is InChI=1S/C22H25N2O3S/c1-14-5-4-8-24(14,13-25)22(27)21-20(19(28)12-23-21)18(26)11-15-9-16-6-2-3-7-17(16)10-15/h2-3,6-7,9,13-14,20-21,23H,4-5,8,10-12H2,1H3/q+1/t14-,20?,21+,24?/m1/s1. The molecule has 2 aliphatic heterocycles. The largest absolute Gasteiger partial charge is 0.339 e. The van der Waals surface area contributed by atoms with E-state index in [-0.39, 0.29) is 22.2 Å². The highest BCUT2D eigenvalue weighted by Crippen LogP contribution is 2.32. The average Bonchev–Trinajstić information content (AvgIpc) is 3.37. The lowest BCUT2D eigenvalue weighted by Gasteiger charge is -2.32. The Bertz CT molecular complexity index is 894. The summed E-state index contributed by atoms with van der Waals surface area (Å²) in [6, 6.07) is 7.36. The van der Waals surface area contributed by atoms with E-state index in [1.165, 1.54) is 5.56 Å². The Morgan fingerprint density at radius 1 is 1.32 bits per heavy atom. The van der Waals surface area contributed by atoms with Crippen LogP contribution in [0, 0.1) is 5.92 Å². The van der Waals surface area contributed by atoms with E-state index in [0.717, 1.165) is 36.8 Å². The number of imide groups is 1. The van der Waals surface area contributed by atoms with Gasteiger partial charge in [0, 0.05) is 30.7 Å². The van der Waals surface area contributed by atoms with Crippen LogP contribution in [0.25, 0.3) is 6.08 Å². The molecule has 3 aliphatic rings. The molecule has 2 unspecified atom stereocenters. The van der Waals surface area contributed by atoms with E-state index in [1.54, 1.807) is 0 Å². The summed E-state index contributed by atoms with van der Waals surface area (Å²) in [6.45, 7) is 2.81. The normalized spacial score (nSPS) is 31.5. The van der Waals surface area contributed by atoms with Crippen LogP contribution in [0.3, 0.4) is 0 Å². The summed E-state index contributed by atoms with van der Waals surface area (Å²) in [7, 11) is 0. The van der Waals surface area contributed by atoms with Gasteiger partial charge in [-0.25, -0.2) is 9.59 Å². The number of Topliss-reactive ketones (excluding diaryl/α,β-unsaturated/α-hetero) is 1. The van der Waals surface area contributed by atoms with Gasteiger partial charge in [0.2, 0.25) is 0 Å². The van der Waals surface area contributed by atoms with Gasteiger partial charge >= 0.3 is 12.3 Å². The molecule has 0 saturated carbocycles. The van der Waals surface area contributed by atoms with Gasteiger partial charge in [0.1, 0.15) is 17.9 Å². The SMILES string of the molecule is C[C@@H]1CCC[N+]1(C=O)C(=O)[C@H]1NCC(=S)C1C(=O)CC1=Cc2ccccc2C1. The number of carbonyl (C=O) groups is 3. The van der Waals surface area contributed by atoms with Gasteiger partial charge in [-0.3, -0.25) is 10.1 Å². The molecule has 6 heteroatoms. The molecule has 4 rings (SSSR count). The van der Waals surface area contributed by atoms with Crippen LogP contribution in [0.1, 0.15) is 37.3 Å². The number of likely N-dealkylation sites (tertiary alicyclic amines) is 1. The highest BCUT2D eigenvalue weighted by Gasteiger charge is 2.54. The number of ketones is 1. The predicted molar refractivity (Wildman–Crippen MR) is 111 cm³/mol. The Hall–Kier alpha value is -2.02. The molecule has 0 aromatic heterocycles. The number of fused-ring (bicyclic) bond motifs is 1. The molecule has 1 N–H and O–H groups in total. The number of allylic oxidation sites excluding steroid dienone is 1. The van der Waals surface area contributed by atoms with E-state index in [4.69, 9.17) is 12.2 Å². The van der Waals surface area contributed by atoms with E-state index in [0.29, 0.717) is 24.4 Å². The van der Waals surface area contributed by atoms with E-state index in [2.05, 4.69) is 17.5 Å². The van der Waals surface area contributed by atoms with E-state index in [9.17, 15) is 14.4 Å². The first-order valence-corrected chi connectivity index (χ1v) is 10.3. The van der Waals surface area contributed by atoms with Gasteiger partial charge in [0.25, 0.3) is 0 Å². The van der Waals surface area contributed by atoms with Gasteiger partial charge in [-0.1, -0.05) is 48.1 Å². The van der Waals surface area contributed by atoms with Crippen LogP contribution in [0.15, 0.2) is 29.8 Å². The number of hydrogen-bond donors (Lipinski definition) is 1. The van der Waals surface area contributed by atoms with Crippen LogP contribution < -0.4 is 5.32 Å². The molecular weight excluding hydrogens is 372 g/mol. The number of nitrogens with zero attached hydrogens (tertiary/aromatic N) is 1. The van der Waals surface area contributed by atoms with Gasteiger partial charge in [0.05, 0.1) is 12.5 Å². The van der Waals surface area contributed by atoms with E-state index in [1.807, 2.05) is 25.1 Å². The summed E-state index contributed by atoms with van der Waals surface area (Å²) in [4.78, 5) is 39.0. The van der Waals surface area contributed by atoms with E-state index < -0.39 is 12.0 Å². The summed E-state index contributed by atoms with van der Waals surface area (Å²) >= 11 is 5.45. The van der Waals surface area contributed by atoms with Crippen molar-refractivity contribution < 1.29 is 18.9 Å².